The van der Waals surface area contributed by atoms with E-state index in [2.05, 4.69) is 5.32 Å². The number of rotatable bonds is 4. The van der Waals surface area contributed by atoms with Crippen LogP contribution in [0.3, 0.4) is 0 Å². The van der Waals surface area contributed by atoms with Crippen LogP contribution in [0.25, 0.3) is 0 Å². The summed E-state index contributed by atoms with van der Waals surface area (Å²) in [6.45, 7) is 2.05. The number of nitrogens with zero attached hydrogens (tertiary/aromatic N) is 1. The molecule has 1 heterocycles. The molecule has 0 aromatic heterocycles. The molecule has 0 radical (unpaired) electrons. The van der Waals surface area contributed by atoms with Crippen molar-refractivity contribution in [2.45, 2.75) is 13.3 Å². The molecule has 25 heavy (non-hydrogen) atoms. The molecule has 130 valence electrons. The molecular weight excluding hydrogens is 323 g/mol. The number of carbonyl (C=O) groups is 2. The Balaban J connectivity index is 1.76. The van der Waals surface area contributed by atoms with Gasteiger partial charge in [0.25, 0.3) is 0 Å². The first-order chi connectivity index (χ1) is 12.0. The number of anilines is 2. The summed E-state index contributed by atoms with van der Waals surface area (Å²) in [5, 5.41) is 2.73. The number of amides is 2. The molecule has 1 atom stereocenters. The van der Waals surface area contributed by atoms with Crippen LogP contribution in [-0.2, 0) is 9.59 Å². The van der Waals surface area contributed by atoms with E-state index in [0.29, 0.717) is 17.1 Å². The number of methoxy groups -OCH3 is 1. The van der Waals surface area contributed by atoms with Crippen molar-refractivity contribution in [3.05, 3.63) is 53.8 Å². The first kappa shape index (κ1) is 17.0. The van der Waals surface area contributed by atoms with Crippen LogP contribution in [-0.4, -0.2) is 25.5 Å². The van der Waals surface area contributed by atoms with E-state index >= 15 is 0 Å². The third-order valence-electron chi connectivity index (χ3n) is 4.33. The van der Waals surface area contributed by atoms with Gasteiger partial charge in [-0.3, -0.25) is 9.59 Å². The van der Waals surface area contributed by atoms with Gasteiger partial charge in [-0.05, 0) is 36.8 Å². The summed E-state index contributed by atoms with van der Waals surface area (Å²) >= 11 is 0. The van der Waals surface area contributed by atoms with Gasteiger partial charge in [-0.2, -0.15) is 0 Å². The van der Waals surface area contributed by atoms with Crippen molar-refractivity contribution in [3.8, 4) is 5.75 Å². The van der Waals surface area contributed by atoms with Gasteiger partial charge in [0.2, 0.25) is 11.8 Å². The number of ether oxygens (including phenoxy) is 1. The molecule has 3 rings (SSSR count). The van der Waals surface area contributed by atoms with Crippen LogP contribution in [0, 0.1) is 18.7 Å². The first-order valence-electron chi connectivity index (χ1n) is 8.00. The van der Waals surface area contributed by atoms with Crippen LogP contribution in [0.1, 0.15) is 12.0 Å². The summed E-state index contributed by atoms with van der Waals surface area (Å²) in [6, 6.07) is 11.4. The molecule has 1 N–H and O–H groups in total. The maximum Gasteiger partial charge on any atom is 0.229 e. The van der Waals surface area contributed by atoms with E-state index in [4.69, 9.17) is 4.74 Å². The number of nitrogens with one attached hydrogen (secondary N) is 1. The second kappa shape index (κ2) is 6.93. The molecule has 2 aromatic rings. The minimum atomic E-state index is -0.500. The van der Waals surface area contributed by atoms with Crippen molar-refractivity contribution < 1.29 is 18.7 Å². The fourth-order valence-electron chi connectivity index (χ4n) is 2.93. The second-order valence-corrected chi connectivity index (χ2v) is 6.03. The van der Waals surface area contributed by atoms with Crippen molar-refractivity contribution in [2.24, 2.45) is 5.92 Å². The molecule has 2 aromatic carbocycles. The summed E-state index contributed by atoms with van der Waals surface area (Å²) in [7, 11) is 1.54. The van der Waals surface area contributed by atoms with Crippen molar-refractivity contribution in [1.82, 2.24) is 0 Å². The highest BCUT2D eigenvalue weighted by atomic mass is 19.1. The lowest BCUT2D eigenvalue weighted by atomic mass is 10.1. The van der Waals surface area contributed by atoms with Crippen LogP contribution in [0.4, 0.5) is 15.8 Å². The van der Waals surface area contributed by atoms with Crippen molar-refractivity contribution in [3.63, 3.8) is 0 Å². The molecule has 0 aliphatic carbocycles. The van der Waals surface area contributed by atoms with Gasteiger partial charge < -0.3 is 15.0 Å². The van der Waals surface area contributed by atoms with Crippen LogP contribution >= 0.6 is 0 Å². The van der Waals surface area contributed by atoms with Gasteiger partial charge in [-0.25, -0.2) is 4.39 Å². The molecule has 1 aliphatic heterocycles. The molecule has 0 spiro atoms. The smallest absolute Gasteiger partial charge is 0.229 e. The number of carbonyl (C=O) groups excluding carboxylic acids is 2. The highest BCUT2D eigenvalue weighted by Gasteiger charge is 2.36. The number of halogens is 1. The molecule has 0 saturated carbocycles. The van der Waals surface area contributed by atoms with E-state index in [1.54, 1.807) is 30.0 Å². The van der Waals surface area contributed by atoms with Gasteiger partial charge in [0.15, 0.2) is 0 Å². The lowest BCUT2D eigenvalue weighted by Gasteiger charge is -2.19. The van der Waals surface area contributed by atoms with E-state index in [0.717, 1.165) is 5.56 Å². The van der Waals surface area contributed by atoms with Crippen LogP contribution < -0.4 is 15.0 Å². The van der Waals surface area contributed by atoms with Crippen molar-refractivity contribution in [2.75, 3.05) is 23.9 Å². The molecule has 2 amide bonds. The van der Waals surface area contributed by atoms with Crippen molar-refractivity contribution in [1.29, 1.82) is 0 Å². The molecule has 1 unspecified atom stereocenters. The Kier molecular flexibility index (Phi) is 4.70. The number of benzene rings is 2. The summed E-state index contributed by atoms with van der Waals surface area (Å²) < 4.78 is 18.7. The average Bonchev–Trinajstić information content (AvgIpc) is 3.00. The lowest BCUT2D eigenvalue weighted by Crippen LogP contribution is -2.28. The van der Waals surface area contributed by atoms with Crippen LogP contribution in [0.15, 0.2) is 42.5 Å². The predicted octanol–water partition coefficient (Wildman–Crippen LogP) is 3.13. The molecule has 1 saturated heterocycles. The number of hydrogen-bond acceptors (Lipinski definition) is 3. The van der Waals surface area contributed by atoms with Gasteiger partial charge in [0.1, 0.15) is 11.6 Å². The number of aryl methyl sites for hydroxylation is 1. The Morgan fingerprint density at radius 2 is 2.04 bits per heavy atom. The Morgan fingerprint density at radius 3 is 2.80 bits per heavy atom. The molecule has 0 bridgehead atoms. The van der Waals surface area contributed by atoms with Gasteiger partial charge in [0, 0.05) is 18.7 Å². The fourth-order valence-corrected chi connectivity index (χ4v) is 2.93. The Labute approximate surface area is 145 Å². The van der Waals surface area contributed by atoms with E-state index < -0.39 is 11.7 Å². The summed E-state index contributed by atoms with van der Waals surface area (Å²) in [6.07, 6.45) is 0.109. The fraction of sp³-hybridized carbons (Fsp3) is 0.263. The molecule has 1 aliphatic rings. The summed E-state index contributed by atoms with van der Waals surface area (Å²) in [5.74, 6) is -0.767. The SMILES string of the molecule is COc1ccccc1N1CC(C(=O)Nc2cc(F)ccc2C)CC1=O. The van der Waals surface area contributed by atoms with E-state index in [-0.39, 0.29) is 24.8 Å². The van der Waals surface area contributed by atoms with E-state index in [1.807, 2.05) is 12.1 Å². The minimum absolute atomic E-state index is 0.109. The summed E-state index contributed by atoms with van der Waals surface area (Å²) in [4.78, 5) is 26.4. The zero-order valence-corrected chi connectivity index (χ0v) is 14.1. The van der Waals surface area contributed by atoms with Gasteiger partial charge in [0.05, 0.1) is 18.7 Å². The highest BCUT2D eigenvalue weighted by Crippen LogP contribution is 2.33. The maximum absolute atomic E-state index is 13.4. The average molecular weight is 342 g/mol. The van der Waals surface area contributed by atoms with Gasteiger partial charge >= 0.3 is 0 Å². The molecule has 1 fully saturated rings. The number of hydrogen-bond donors (Lipinski definition) is 1. The standard InChI is InChI=1S/C19H19FN2O3/c1-12-7-8-14(20)10-15(12)21-19(24)13-9-18(23)22(11-13)16-5-3-4-6-17(16)25-2/h3-8,10,13H,9,11H2,1-2H3,(H,21,24). The third kappa shape index (κ3) is 3.47. The highest BCUT2D eigenvalue weighted by molar-refractivity contribution is 6.04. The topological polar surface area (TPSA) is 58.6 Å². The molecule has 6 heteroatoms. The summed E-state index contributed by atoms with van der Waals surface area (Å²) in [5.41, 5.74) is 1.83. The minimum Gasteiger partial charge on any atom is -0.495 e. The maximum atomic E-state index is 13.4. The Morgan fingerprint density at radius 1 is 1.28 bits per heavy atom. The Hall–Kier alpha value is -2.89. The van der Waals surface area contributed by atoms with E-state index in [9.17, 15) is 14.0 Å². The van der Waals surface area contributed by atoms with E-state index in [1.165, 1.54) is 19.2 Å². The van der Waals surface area contributed by atoms with Crippen LogP contribution in [0.5, 0.6) is 5.75 Å². The van der Waals surface area contributed by atoms with Crippen LogP contribution in [0.2, 0.25) is 0 Å². The zero-order valence-electron chi connectivity index (χ0n) is 14.1. The quantitative estimate of drug-likeness (QED) is 0.929. The first-order valence-corrected chi connectivity index (χ1v) is 8.00. The number of para-hydroxylation sites is 2. The third-order valence-corrected chi connectivity index (χ3v) is 4.33. The zero-order chi connectivity index (χ0) is 18.0. The van der Waals surface area contributed by atoms with Gasteiger partial charge in [-0.1, -0.05) is 18.2 Å². The van der Waals surface area contributed by atoms with Gasteiger partial charge in [-0.15, -0.1) is 0 Å². The monoisotopic (exact) mass is 342 g/mol. The normalized spacial score (nSPS) is 16.8. The van der Waals surface area contributed by atoms with Crippen molar-refractivity contribution >= 4 is 23.2 Å². The largest absolute Gasteiger partial charge is 0.495 e. The molecular formula is C19H19FN2O3. The lowest BCUT2D eigenvalue weighted by molar-refractivity contribution is -0.122. The predicted molar refractivity (Wildman–Crippen MR) is 93.2 cm³/mol. The molecule has 5 nitrogen and oxygen atoms in total. The Bertz CT molecular complexity index is 822. The second-order valence-electron chi connectivity index (χ2n) is 6.03.